The molecule has 0 saturated carbocycles. The van der Waals surface area contributed by atoms with Crippen LogP contribution in [-0.2, 0) is 6.18 Å². The van der Waals surface area contributed by atoms with Crippen molar-refractivity contribution in [3.63, 3.8) is 0 Å². The molecule has 0 atom stereocenters. The minimum atomic E-state index is -4.88. The number of esters is 1. The van der Waals surface area contributed by atoms with Crippen LogP contribution >= 0.6 is 0 Å². The number of rotatable bonds is 4. The zero-order valence-corrected chi connectivity index (χ0v) is 14.2. The van der Waals surface area contributed by atoms with E-state index in [4.69, 9.17) is 9.47 Å². The van der Waals surface area contributed by atoms with E-state index in [2.05, 4.69) is 15.3 Å². The molecule has 0 aliphatic rings. The van der Waals surface area contributed by atoms with Gasteiger partial charge in [-0.1, -0.05) is 18.2 Å². The van der Waals surface area contributed by atoms with Crippen LogP contribution in [-0.4, -0.2) is 33.1 Å². The number of nitrogens with zero attached hydrogens (tertiary/aromatic N) is 4. The number of hydrogen-bond acceptors (Lipinski definition) is 6. The highest BCUT2D eigenvalue weighted by atomic mass is 19.4. The van der Waals surface area contributed by atoms with Gasteiger partial charge in [-0.25, -0.2) is 9.48 Å². The number of benzene rings is 1. The van der Waals surface area contributed by atoms with Crippen LogP contribution < -0.4 is 9.47 Å². The third kappa shape index (κ3) is 3.73. The lowest BCUT2D eigenvalue weighted by molar-refractivity contribution is -0.143. The fourth-order valence-electron chi connectivity index (χ4n) is 2.30. The molecule has 0 radical (unpaired) electrons. The molecule has 0 saturated heterocycles. The fourth-order valence-corrected chi connectivity index (χ4v) is 2.30. The van der Waals surface area contributed by atoms with E-state index in [0.29, 0.717) is 10.2 Å². The molecular weight excluding hydrogens is 365 g/mol. The van der Waals surface area contributed by atoms with E-state index in [-0.39, 0.29) is 17.4 Å². The van der Waals surface area contributed by atoms with Crippen molar-refractivity contribution in [1.82, 2.24) is 20.0 Å². The number of para-hydroxylation sites is 1. The predicted molar refractivity (Wildman–Crippen MR) is 86.8 cm³/mol. The van der Waals surface area contributed by atoms with Crippen LogP contribution in [0.4, 0.5) is 13.2 Å². The Kier molecular flexibility index (Phi) is 4.80. The van der Waals surface area contributed by atoms with Crippen molar-refractivity contribution in [2.75, 3.05) is 7.11 Å². The summed E-state index contributed by atoms with van der Waals surface area (Å²) in [5, 5.41) is 10.9. The van der Waals surface area contributed by atoms with Crippen molar-refractivity contribution in [3.8, 4) is 17.4 Å². The number of aryl methyl sites for hydroxylation is 1. The summed E-state index contributed by atoms with van der Waals surface area (Å²) in [5.41, 5.74) is -1.43. The van der Waals surface area contributed by atoms with Crippen LogP contribution in [0.15, 0.2) is 42.6 Å². The van der Waals surface area contributed by atoms with Gasteiger partial charge < -0.3 is 9.47 Å². The maximum absolute atomic E-state index is 13.6. The minimum absolute atomic E-state index is 0.124. The topological polar surface area (TPSA) is 79.1 Å². The third-order valence-corrected chi connectivity index (χ3v) is 3.61. The number of alkyl halides is 3. The van der Waals surface area contributed by atoms with Crippen LogP contribution in [0.5, 0.6) is 11.6 Å². The molecule has 2 heterocycles. The summed E-state index contributed by atoms with van der Waals surface area (Å²) < 4.78 is 51.2. The second kappa shape index (κ2) is 7.06. The quantitative estimate of drug-likeness (QED) is 0.512. The third-order valence-electron chi connectivity index (χ3n) is 3.61. The van der Waals surface area contributed by atoms with E-state index in [1.54, 1.807) is 25.1 Å². The van der Waals surface area contributed by atoms with Crippen molar-refractivity contribution >= 4 is 5.97 Å². The summed E-state index contributed by atoms with van der Waals surface area (Å²) in [7, 11) is 1.35. The van der Waals surface area contributed by atoms with E-state index in [0.717, 1.165) is 6.20 Å². The predicted octanol–water partition coefficient (Wildman–Crippen LogP) is 3.22. The number of halogens is 3. The Hall–Kier alpha value is -3.43. The van der Waals surface area contributed by atoms with Crippen molar-refractivity contribution in [2.24, 2.45) is 0 Å². The molecule has 27 heavy (non-hydrogen) atoms. The van der Waals surface area contributed by atoms with Gasteiger partial charge in [-0.05, 0) is 24.6 Å². The lowest BCUT2D eigenvalue weighted by Gasteiger charge is -2.12. The van der Waals surface area contributed by atoms with E-state index >= 15 is 0 Å². The summed E-state index contributed by atoms with van der Waals surface area (Å²) in [4.78, 5) is 12.3. The number of carbonyl (C=O) groups excluding carboxylic acids is 1. The lowest BCUT2D eigenvalue weighted by atomic mass is 10.2. The number of carbonyl (C=O) groups is 1. The van der Waals surface area contributed by atoms with Crippen molar-refractivity contribution in [3.05, 3.63) is 59.4 Å². The van der Waals surface area contributed by atoms with Gasteiger partial charge >= 0.3 is 12.1 Å². The average molecular weight is 378 g/mol. The van der Waals surface area contributed by atoms with Crippen LogP contribution in [0.2, 0.25) is 0 Å². The molecule has 3 rings (SSSR count). The van der Waals surface area contributed by atoms with E-state index in [1.165, 1.54) is 25.3 Å². The molecule has 0 unspecified atom stereocenters. The summed E-state index contributed by atoms with van der Waals surface area (Å²) in [6, 6.07) is 9.05. The van der Waals surface area contributed by atoms with Gasteiger partial charge in [0.05, 0.1) is 13.3 Å². The van der Waals surface area contributed by atoms with Crippen molar-refractivity contribution in [2.45, 2.75) is 13.1 Å². The van der Waals surface area contributed by atoms with Gasteiger partial charge in [0.15, 0.2) is 11.5 Å². The first kappa shape index (κ1) is 18.4. The number of ether oxygens (including phenoxy) is 2. The molecule has 10 heteroatoms. The number of aromatic nitrogens is 4. The highest BCUT2D eigenvalue weighted by Gasteiger charge is 2.41. The van der Waals surface area contributed by atoms with E-state index in [9.17, 15) is 18.0 Å². The zero-order chi connectivity index (χ0) is 19.6. The Balaban J connectivity index is 2.02. The number of methoxy groups -OCH3 is 1. The van der Waals surface area contributed by atoms with Crippen LogP contribution in [0.3, 0.4) is 0 Å². The van der Waals surface area contributed by atoms with Crippen molar-refractivity contribution < 1.29 is 27.4 Å². The minimum Gasteiger partial charge on any atom is -0.480 e. The Morgan fingerprint density at radius 3 is 2.44 bits per heavy atom. The molecule has 0 amide bonds. The van der Waals surface area contributed by atoms with E-state index in [1.807, 2.05) is 0 Å². The van der Waals surface area contributed by atoms with Crippen LogP contribution in [0, 0.1) is 6.92 Å². The fraction of sp³-hybridized carbons (Fsp3) is 0.176. The van der Waals surface area contributed by atoms with Gasteiger partial charge in [-0.15, -0.1) is 10.2 Å². The smallest absolute Gasteiger partial charge is 0.434 e. The second-order valence-electron chi connectivity index (χ2n) is 5.41. The summed E-state index contributed by atoms with van der Waals surface area (Å²) >= 11 is 0. The van der Waals surface area contributed by atoms with Gasteiger partial charge in [0.25, 0.3) is 0 Å². The highest BCUT2D eigenvalue weighted by Crippen LogP contribution is 2.34. The first-order valence-corrected chi connectivity index (χ1v) is 7.62. The molecule has 3 aromatic rings. The molecule has 0 aliphatic carbocycles. The molecule has 0 aliphatic heterocycles. The molecule has 0 bridgehead atoms. The van der Waals surface area contributed by atoms with Gasteiger partial charge in [-0.3, -0.25) is 0 Å². The standard InChI is InChI=1S/C17H13F3N4O3/c1-10-5-3-4-6-12(10)27-16(25)11-9-21-24(15(11)17(18,19)20)13-7-8-14(26-2)23-22-13/h3-9H,1-2H3. The molecule has 2 aromatic heterocycles. The second-order valence-corrected chi connectivity index (χ2v) is 5.41. The Labute approximate surface area is 151 Å². The molecule has 1 aromatic carbocycles. The lowest BCUT2D eigenvalue weighted by Crippen LogP contribution is -2.20. The molecule has 0 fully saturated rings. The first-order valence-electron chi connectivity index (χ1n) is 7.62. The maximum Gasteiger partial charge on any atom is 0.434 e. The molecule has 140 valence electrons. The van der Waals surface area contributed by atoms with E-state index < -0.39 is 23.4 Å². The molecule has 0 N–H and O–H groups in total. The van der Waals surface area contributed by atoms with Gasteiger partial charge in [0.1, 0.15) is 11.3 Å². The molecular formula is C17H13F3N4O3. The Morgan fingerprint density at radius 1 is 1.11 bits per heavy atom. The largest absolute Gasteiger partial charge is 0.480 e. The molecule has 7 nitrogen and oxygen atoms in total. The average Bonchev–Trinajstić information content (AvgIpc) is 3.09. The first-order chi connectivity index (χ1) is 12.8. The van der Waals surface area contributed by atoms with Gasteiger partial charge in [0.2, 0.25) is 5.88 Å². The monoisotopic (exact) mass is 378 g/mol. The summed E-state index contributed by atoms with van der Waals surface area (Å²) in [5.74, 6) is -1.12. The normalized spacial score (nSPS) is 11.3. The highest BCUT2D eigenvalue weighted by molar-refractivity contribution is 5.92. The SMILES string of the molecule is COc1ccc(-n2ncc(C(=O)Oc3ccccc3C)c2C(F)(F)F)nn1. The van der Waals surface area contributed by atoms with Crippen LogP contribution in [0.1, 0.15) is 21.6 Å². The maximum atomic E-state index is 13.6. The van der Waals surface area contributed by atoms with Gasteiger partial charge in [0, 0.05) is 6.07 Å². The summed E-state index contributed by atoms with van der Waals surface area (Å²) in [6.45, 7) is 1.67. The van der Waals surface area contributed by atoms with Crippen LogP contribution in [0.25, 0.3) is 5.82 Å². The Morgan fingerprint density at radius 2 is 1.85 bits per heavy atom. The van der Waals surface area contributed by atoms with Crippen molar-refractivity contribution in [1.29, 1.82) is 0 Å². The Bertz CT molecular complexity index is 968. The zero-order valence-electron chi connectivity index (χ0n) is 14.2. The number of hydrogen-bond donors (Lipinski definition) is 0. The summed E-state index contributed by atoms with van der Waals surface area (Å²) in [6.07, 6.45) is -4.09. The van der Waals surface area contributed by atoms with Gasteiger partial charge in [-0.2, -0.15) is 18.3 Å². The molecule has 0 spiro atoms.